The highest BCUT2D eigenvalue weighted by Gasteiger charge is 2.11. The second-order valence-electron chi connectivity index (χ2n) is 4.91. The number of benzene rings is 2. The monoisotopic (exact) mass is 272 g/mol. The van der Waals surface area contributed by atoms with E-state index >= 15 is 0 Å². The Morgan fingerprint density at radius 1 is 0.714 bits per heavy atom. The topological polar surface area (TPSA) is 46.0 Å². The smallest absolute Gasteiger partial charge is 0.123 e. The number of para-hydroxylation sites is 1. The van der Waals surface area contributed by atoms with E-state index in [1.54, 1.807) is 18.5 Å². The lowest BCUT2D eigenvalue weighted by molar-refractivity contribution is 0.477. The van der Waals surface area contributed by atoms with E-state index in [2.05, 4.69) is 9.97 Å². The summed E-state index contributed by atoms with van der Waals surface area (Å²) in [4.78, 5) is 8.93. The quantitative estimate of drug-likeness (QED) is 0.529. The van der Waals surface area contributed by atoms with Gasteiger partial charge in [0.05, 0.1) is 11.0 Å². The summed E-state index contributed by atoms with van der Waals surface area (Å²) in [7, 11) is 0. The molecule has 0 radical (unpaired) electrons. The third-order valence-corrected chi connectivity index (χ3v) is 3.67. The van der Waals surface area contributed by atoms with Crippen molar-refractivity contribution in [3.05, 3.63) is 67.0 Å². The van der Waals surface area contributed by atoms with E-state index in [0.29, 0.717) is 0 Å². The molecule has 0 atom stereocenters. The van der Waals surface area contributed by atoms with Gasteiger partial charge in [-0.2, -0.15) is 0 Å². The summed E-state index contributed by atoms with van der Waals surface area (Å²) in [5.41, 5.74) is 3.52. The van der Waals surface area contributed by atoms with Crippen molar-refractivity contribution < 1.29 is 5.11 Å². The first-order chi connectivity index (χ1) is 10.3. The van der Waals surface area contributed by atoms with Crippen molar-refractivity contribution in [1.29, 1.82) is 0 Å². The molecule has 21 heavy (non-hydrogen) atoms. The van der Waals surface area contributed by atoms with Crippen LogP contribution in [0.4, 0.5) is 0 Å². The summed E-state index contributed by atoms with van der Waals surface area (Å²) in [5, 5.41) is 12.2. The number of nitrogens with zero attached hydrogens (tertiary/aromatic N) is 2. The average Bonchev–Trinajstić information content (AvgIpc) is 2.54. The number of rotatable bonds is 1. The number of pyridine rings is 2. The fourth-order valence-electron chi connectivity index (χ4n) is 2.71. The van der Waals surface area contributed by atoms with Gasteiger partial charge in [0.1, 0.15) is 5.75 Å². The minimum atomic E-state index is 0.262. The highest BCUT2D eigenvalue weighted by Crippen LogP contribution is 2.36. The molecule has 2 aromatic heterocycles. The number of hydrogen-bond acceptors (Lipinski definition) is 3. The van der Waals surface area contributed by atoms with Gasteiger partial charge in [0.15, 0.2) is 0 Å². The van der Waals surface area contributed by atoms with E-state index in [-0.39, 0.29) is 5.75 Å². The largest absolute Gasteiger partial charge is 0.507 e. The van der Waals surface area contributed by atoms with Gasteiger partial charge >= 0.3 is 0 Å². The van der Waals surface area contributed by atoms with Gasteiger partial charge in [0.2, 0.25) is 0 Å². The first-order valence-corrected chi connectivity index (χ1v) is 6.75. The Balaban J connectivity index is 2.19. The van der Waals surface area contributed by atoms with Gasteiger partial charge in [0.25, 0.3) is 0 Å². The van der Waals surface area contributed by atoms with Crippen LogP contribution in [0.25, 0.3) is 32.9 Å². The molecular weight excluding hydrogens is 260 g/mol. The molecule has 3 heteroatoms. The number of phenols is 1. The van der Waals surface area contributed by atoms with Crippen molar-refractivity contribution in [3.63, 3.8) is 0 Å². The maximum absolute atomic E-state index is 10.2. The fourth-order valence-corrected chi connectivity index (χ4v) is 2.71. The predicted molar refractivity (Wildman–Crippen MR) is 84.1 cm³/mol. The van der Waals surface area contributed by atoms with Crippen LogP contribution >= 0.6 is 0 Å². The first-order valence-electron chi connectivity index (χ1n) is 6.75. The summed E-state index contributed by atoms with van der Waals surface area (Å²) < 4.78 is 0. The van der Waals surface area contributed by atoms with Crippen LogP contribution in [0.15, 0.2) is 67.0 Å². The van der Waals surface area contributed by atoms with Crippen LogP contribution in [0.1, 0.15) is 0 Å². The second kappa shape index (κ2) is 4.56. The molecule has 1 N–H and O–H groups in total. The van der Waals surface area contributed by atoms with E-state index in [9.17, 15) is 5.11 Å². The van der Waals surface area contributed by atoms with Crippen LogP contribution in [-0.4, -0.2) is 15.1 Å². The van der Waals surface area contributed by atoms with E-state index < -0.39 is 0 Å². The van der Waals surface area contributed by atoms with Gasteiger partial charge in [-0.25, -0.2) is 0 Å². The van der Waals surface area contributed by atoms with Crippen molar-refractivity contribution >= 4 is 21.8 Å². The Hall–Kier alpha value is -2.94. The molecule has 0 spiro atoms. The van der Waals surface area contributed by atoms with Crippen LogP contribution in [0.5, 0.6) is 5.75 Å². The Bertz CT molecular complexity index is 963. The van der Waals surface area contributed by atoms with Crippen molar-refractivity contribution in [2.45, 2.75) is 0 Å². The molecule has 0 fully saturated rings. The number of aromatic nitrogens is 2. The third kappa shape index (κ3) is 1.82. The lowest BCUT2D eigenvalue weighted by atomic mass is 9.98. The molecular formula is C18H12N2O. The molecule has 2 aromatic carbocycles. The molecule has 0 unspecified atom stereocenters. The molecule has 100 valence electrons. The molecule has 0 saturated heterocycles. The normalized spacial score (nSPS) is 11.0. The van der Waals surface area contributed by atoms with Gasteiger partial charge in [0, 0.05) is 28.7 Å². The molecule has 3 nitrogen and oxygen atoms in total. The molecule has 0 bridgehead atoms. The minimum Gasteiger partial charge on any atom is -0.507 e. The van der Waals surface area contributed by atoms with Crippen molar-refractivity contribution in [2.24, 2.45) is 0 Å². The van der Waals surface area contributed by atoms with Crippen LogP contribution in [0, 0.1) is 0 Å². The third-order valence-electron chi connectivity index (χ3n) is 3.67. The van der Waals surface area contributed by atoms with E-state index in [0.717, 1.165) is 32.9 Å². The van der Waals surface area contributed by atoms with Crippen LogP contribution in [-0.2, 0) is 0 Å². The number of fused-ring (bicyclic) bond motifs is 3. The molecule has 0 aliphatic carbocycles. The van der Waals surface area contributed by atoms with Crippen LogP contribution in [0.2, 0.25) is 0 Å². The highest BCUT2D eigenvalue weighted by molar-refractivity contribution is 6.11. The van der Waals surface area contributed by atoms with Gasteiger partial charge in [-0.15, -0.1) is 0 Å². The highest BCUT2D eigenvalue weighted by atomic mass is 16.3. The Labute approximate surface area is 121 Å². The summed E-state index contributed by atoms with van der Waals surface area (Å²) in [6.07, 6.45) is 3.54. The summed E-state index contributed by atoms with van der Waals surface area (Å²) in [6, 6.07) is 17.2. The van der Waals surface area contributed by atoms with Crippen molar-refractivity contribution in [2.75, 3.05) is 0 Å². The fraction of sp³-hybridized carbons (Fsp3) is 0. The van der Waals surface area contributed by atoms with Crippen LogP contribution in [0.3, 0.4) is 0 Å². The van der Waals surface area contributed by atoms with Gasteiger partial charge in [-0.1, -0.05) is 30.3 Å². The van der Waals surface area contributed by atoms with Gasteiger partial charge < -0.3 is 5.11 Å². The van der Waals surface area contributed by atoms with Gasteiger partial charge in [-0.3, -0.25) is 9.97 Å². The zero-order valence-electron chi connectivity index (χ0n) is 11.2. The van der Waals surface area contributed by atoms with Crippen LogP contribution < -0.4 is 0 Å². The Morgan fingerprint density at radius 2 is 1.62 bits per heavy atom. The summed E-state index contributed by atoms with van der Waals surface area (Å²) in [5.74, 6) is 0.262. The zero-order chi connectivity index (χ0) is 14.2. The standard InChI is InChI=1S/C18H12N2O/c21-16-6-2-1-5-13(16)14-9-11-19-15-8-7-12-4-3-10-20-18(12)17(14)15/h1-11,21H. The lowest BCUT2D eigenvalue weighted by Crippen LogP contribution is -1.88. The lowest BCUT2D eigenvalue weighted by Gasteiger charge is -2.10. The Morgan fingerprint density at radius 3 is 2.52 bits per heavy atom. The van der Waals surface area contributed by atoms with E-state index in [1.165, 1.54) is 0 Å². The number of hydrogen-bond donors (Lipinski definition) is 1. The minimum absolute atomic E-state index is 0.262. The number of aromatic hydroxyl groups is 1. The molecule has 4 aromatic rings. The molecule has 0 aliphatic rings. The van der Waals surface area contributed by atoms with Crippen molar-refractivity contribution in [3.8, 4) is 16.9 Å². The SMILES string of the molecule is Oc1ccccc1-c1ccnc2ccc3cccnc3c12. The second-order valence-corrected chi connectivity index (χ2v) is 4.91. The zero-order valence-corrected chi connectivity index (χ0v) is 11.2. The first kappa shape index (κ1) is 11.9. The summed E-state index contributed by atoms with van der Waals surface area (Å²) in [6.45, 7) is 0. The summed E-state index contributed by atoms with van der Waals surface area (Å²) >= 11 is 0. The van der Waals surface area contributed by atoms with E-state index in [1.807, 2.05) is 48.5 Å². The average molecular weight is 272 g/mol. The predicted octanol–water partition coefficient (Wildman–Crippen LogP) is 4.16. The molecule has 0 aliphatic heterocycles. The van der Waals surface area contributed by atoms with E-state index in [4.69, 9.17) is 0 Å². The Kier molecular flexibility index (Phi) is 2.57. The van der Waals surface area contributed by atoms with Gasteiger partial charge in [-0.05, 0) is 29.8 Å². The maximum atomic E-state index is 10.2. The maximum Gasteiger partial charge on any atom is 0.123 e. The molecule has 2 heterocycles. The van der Waals surface area contributed by atoms with Crippen molar-refractivity contribution in [1.82, 2.24) is 9.97 Å². The number of phenolic OH excluding ortho intramolecular Hbond substituents is 1. The molecule has 0 saturated carbocycles. The molecule has 4 rings (SSSR count). The molecule has 0 amide bonds.